The highest BCUT2D eigenvalue weighted by Crippen LogP contribution is 2.58. The van der Waals surface area contributed by atoms with E-state index in [2.05, 4.69) is 78.9 Å². The molecular weight excluding hydrogens is 378 g/mol. The fourth-order valence-electron chi connectivity index (χ4n) is 5.00. The van der Waals surface area contributed by atoms with Crippen LogP contribution in [0.1, 0.15) is 33.7 Å². The van der Waals surface area contributed by atoms with Crippen LogP contribution in [0.4, 0.5) is 0 Å². The van der Waals surface area contributed by atoms with Crippen molar-refractivity contribution in [1.29, 1.82) is 0 Å². The van der Waals surface area contributed by atoms with Gasteiger partial charge in [0.2, 0.25) is 5.89 Å². The Morgan fingerprint density at radius 3 is 1.65 bits per heavy atom. The molecule has 0 radical (unpaired) electrons. The van der Waals surface area contributed by atoms with E-state index in [0.29, 0.717) is 5.89 Å². The molecule has 2 heteroatoms. The predicted octanol–water partition coefficient (Wildman–Crippen LogP) is 7.07. The Labute approximate surface area is 179 Å². The minimum absolute atomic E-state index is 0.683. The van der Waals surface area contributed by atoms with Gasteiger partial charge in [-0.3, -0.25) is 0 Å². The molecule has 0 fully saturated rings. The van der Waals surface area contributed by atoms with Gasteiger partial charge in [-0.1, -0.05) is 91.0 Å². The molecule has 2 aliphatic rings. The number of hydrogen-bond acceptors (Lipinski definition) is 2. The molecule has 144 valence electrons. The van der Waals surface area contributed by atoms with Crippen LogP contribution in [-0.2, 0) is 0 Å². The molecule has 2 nitrogen and oxygen atoms in total. The van der Waals surface area contributed by atoms with Crippen molar-refractivity contribution in [1.82, 2.24) is 4.98 Å². The van der Waals surface area contributed by atoms with Gasteiger partial charge in [-0.15, -0.1) is 0 Å². The highest BCUT2D eigenvalue weighted by molar-refractivity contribution is 6.35. The van der Waals surface area contributed by atoms with Crippen molar-refractivity contribution in [2.24, 2.45) is 0 Å². The first-order valence-electron chi connectivity index (χ1n) is 10.5. The average molecular weight is 395 g/mol. The van der Waals surface area contributed by atoms with Crippen molar-refractivity contribution >= 4 is 33.4 Å². The number of aromatic nitrogens is 1. The molecule has 0 bridgehead atoms. The molecule has 0 unspecified atom stereocenters. The number of benzene rings is 4. The maximum absolute atomic E-state index is 6.28. The molecule has 0 atom stereocenters. The maximum Gasteiger partial charge on any atom is 0.228 e. The molecule has 2 aliphatic carbocycles. The zero-order valence-electron chi connectivity index (χ0n) is 16.7. The van der Waals surface area contributed by atoms with Crippen LogP contribution < -0.4 is 0 Å². The lowest BCUT2D eigenvalue weighted by atomic mass is 9.94. The van der Waals surface area contributed by atoms with Crippen LogP contribution in [-0.4, -0.2) is 4.98 Å². The van der Waals surface area contributed by atoms with E-state index in [-0.39, 0.29) is 0 Å². The third kappa shape index (κ3) is 2.25. The minimum atomic E-state index is 0.683. The molecule has 1 aromatic heterocycles. The van der Waals surface area contributed by atoms with E-state index in [1.54, 1.807) is 0 Å². The summed E-state index contributed by atoms with van der Waals surface area (Å²) in [5.74, 6) is 0.683. The van der Waals surface area contributed by atoms with Gasteiger partial charge in [0, 0.05) is 5.57 Å². The molecule has 0 spiro atoms. The number of fused-ring (bicyclic) bond motifs is 6. The lowest BCUT2D eigenvalue weighted by molar-refractivity contribution is 0.585. The molecule has 0 N–H and O–H groups in total. The fraction of sp³-hybridized carbons (Fsp3) is 0. The van der Waals surface area contributed by atoms with Crippen LogP contribution in [0.15, 0.2) is 108 Å². The van der Waals surface area contributed by atoms with E-state index in [1.165, 1.54) is 44.5 Å². The third-order valence-corrected chi connectivity index (χ3v) is 6.25. The molecule has 0 amide bonds. The Hall–Kier alpha value is -4.17. The number of allylic oxidation sites excluding steroid dienone is 2. The van der Waals surface area contributed by atoms with Crippen LogP contribution in [0.2, 0.25) is 0 Å². The molecule has 0 aliphatic heterocycles. The van der Waals surface area contributed by atoms with E-state index >= 15 is 0 Å². The molecule has 0 saturated heterocycles. The smallest absolute Gasteiger partial charge is 0.228 e. The third-order valence-electron chi connectivity index (χ3n) is 6.25. The number of para-hydroxylation sites is 2. The molecule has 5 aromatic rings. The monoisotopic (exact) mass is 395 g/mol. The fourth-order valence-corrected chi connectivity index (χ4v) is 5.00. The molecule has 0 saturated carbocycles. The highest BCUT2D eigenvalue weighted by Gasteiger charge is 2.38. The Kier molecular flexibility index (Phi) is 3.30. The van der Waals surface area contributed by atoms with Crippen LogP contribution in [0.3, 0.4) is 0 Å². The summed E-state index contributed by atoms with van der Waals surface area (Å²) in [5, 5.41) is 0. The zero-order chi connectivity index (χ0) is 20.4. The SMILES string of the molecule is c1ccc(C2=C3C(=C(c4nc5ccccc5o4)c4ccccc43)c3ccccc32)cc1. The Balaban J connectivity index is 1.63. The van der Waals surface area contributed by atoms with E-state index in [9.17, 15) is 0 Å². The summed E-state index contributed by atoms with van der Waals surface area (Å²) < 4.78 is 6.28. The molecule has 4 aromatic carbocycles. The normalized spacial score (nSPS) is 14.2. The summed E-state index contributed by atoms with van der Waals surface area (Å²) in [5.41, 5.74) is 12.7. The van der Waals surface area contributed by atoms with Gasteiger partial charge >= 0.3 is 0 Å². The number of oxazole rings is 1. The first kappa shape index (κ1) is 16.6. The second kappa shape index (κ2) is 6.16. The maximum atomic E-state index is 6.28. The minimum Gasteiger partial charge on any atom is -0.436 e. The largest absolute Gasteiger partial charge is 0.436 e. The summed E-state index contributed by atoms with van der Waals surface area (Å²) in [7, 11) is 0. The van der Waals surface area contributed by atoms with Crippen molar-refractivity contribution in [3.8, 4) is 0 Å². The highest BCUT2D eigenvalue weighted by atomic mass is 16.3. The number of rotatable bonds is 2. The summed E-state index contributed by atoms with van der Waals surface area (Å²) in [6.45, 7) is 0. The van der Waals surface area contributed by atoms with Crippen molar-refractivity contribution in [2.75, 3.05) is 0 Å². The summed E-state index contributed by atoms with van der Waals surface area (Å²) in [4.78, 5) is 4.88. The quantitative estimate of drug-likeness (QED) is 0.319. The van der Waals surface area contributed by atoms with E-state index in [0.717, 1.165) is 16.7 Å². The summed E-state index contributed by atoms with van der Waals surface area (Å²) >= 11 is 0. The van der Waals surface area contributed by atoms with Gasteiger partial charge in [-0.2, -0.15) is 0 Å². The molecule has 31 heavy (non-hydrogen) atoms. The van der Waals surface area contributed by atoms with Gasteiger partial charge in [0.15, 0.2) is 5.58 Å². The van der Waals surface area contributed by atoms with E-state index in [4.69, 9.17) is 9.40 Å². The van der Waals surface area contributed by atoms with Crippen molar-refractivity contribution in [3.05, 3.63) is 137 Å². The standard InChI is InChI=1S/C29H17NO/c1-2-10-18(11-3-1)25-19-12-4-5-13-20(19)27-26(25)21-14-6-7-15-22(21)28(27)29-30-23-16-8-9-17-24(23)31-29/h1-17H. The molecule has 7 rings (SSSR count). The second-order valence-corrected chi connectivity index (χ2v) is 7.94. The first-order chi connectivity index (χ1) is 15.4. The van der Waals surface area contributed by atoms with Crippen molar-refractivity contribution in [2.45, 2.75) is 0 Å². The molecular formula is C29H17NO. The van der Waals surface area contributed by atoms with E-state index in [1.807, 2.05) is 24.3 Å². The van der Waals surface area contributed by atoms with E-state index < -0.39 is 0 Å². The Bertz CT molecular complexity index is 1530. The average Bonchev–Trinajstić information content (AvgIpc) is 3.49. The molecule has 1 heterocycles. The van der Waals surface area contributed by atoms with Crippen LogP contribution in [0.5, 0.6) is 0 Å². The van der Waals surface area contributed by atoms with Gasteiger partial charge in [0.1, 0.15) is 5.52 Å². The van der Waals surface area contributed by atoms with Crippen LogP contribution >= 0.6 is 0 Å². The van der Waals surface area contributed by atoms with Crippen LogP contribution in [0, 0.1) is 0 Å². The Morgan fingerprint density at radius 2 is 0.968 bits per heavy atom. The van der Waals surface area contributed by atoms with Gasteiger partial charge in [0.25, 0.3) is 0 Å². The number of hydrogen-bond donors (Lipinski definition) is 0. The van der Waals surface area contributed by atoms with Gasteiger partial charge in [-0.25, -0.2) is 4.98 Å². The van der Waals surface area contributed by atoms with Crippen molar-refractivity contribution in [3.63, 3.8) is 0 Å². The zero-order valence-corrected chi connectivity index (χ0v) is 16.7. The lowest BCUT2D eigenvalue weighted by Gasteiger charge is -2.10. The van der Waals surface area contributed by atoms with Crippen molar-refractivity contribution < 1.29 is 4.42 Å². The van der Waals surface area contributed by atoms with Crippen LogP contribution in [0.25, 0.3) is 33.4 Å². The second-order valence-electron chi connectivity index (χ2n) is 7.94. The van der Waals surface area contributed by atoms with Gasteiger partial charge < -0.3 is 4.42 Å². The number of nitrogens with zero attached hydrogens (tertiary/aromatic N) is 1. The summed E-state index contributed by atoms with van der Waals surface area (Å²) in [6.07, 6.45) is 0. The first-order valence-corrected chi connectivity index (χ1v) is 10.5. The summed E-state index contributed by atoms with van der Waals surface area (Å²) in [6, 6.07) is 35.9. The van der Waals surface area contributed by atoms with Gasteiger partial charge in [-0.05, 0) is 51.1 Å². The predicted molar refractivity (Wildman–Crippen MR) is 125 cm³/mol. The van der Waals surface area contributed by atoms with Gasteiger partial charge in [0.05, 0.1) is 5.57 Å². The lowest BCUT2D eigenvalue weighted by Crippen LogP contribution is -1.92. The topological polar surface area (TPSA) is 26.0 Å². The Morgan fingerprint density at radius 1 is 0.452 bits per heavy atom.